The number of aromatic hydroxyl groups is 1. The van der Waals surface area contributed by atoms with Crippen LogP contribution in [0.25, 0.3) is 0 Å². The normalized spacial score (nSPS) is 24.1. The van der Waals surface area contributed by atoms with Crippen molar-refractivity contribution in [2.75, 3.05) is 13.2 Å². The van der Waals surface area contributed by atoms with Crippen LogP contribution in [0, 0.1) is 6.92 Å². The fraction of sp³-hybridized carbons (Fsp3) is 0.536. The second kappa shape index (κ2) is 13.3. The average Bonchev–Trinajstić information content (AvgIpc) is 2.86. The summed E-state index contributed by atoms with van der Waals surface area (Å²) in [5.41, 5.74) is 9.76. The summed E-state index contributed by atoms with van der Waals surface area (Å²) >= 11 is 0. The number of aliphatic hydroxyl groups is 4. The SMILES string of the molecule is Cc1cc(O)c([C@@H]2O[C@H](CO)[C@@H](O)[C@H](O)[C@H]2O)cc1Cc1ccc(CCCC(=O)CCCCN)cc1. The Morgan fingerprint density at radius 1 is 0.944 bits per heavy atom. The number of carbonyl (C=O) groups excluding carboxylic acids is 1. The van der Waals surface area contributed by atoms with Gasteiger partial charge in [-0.1, -0.05) is 24.3 Å². The minimum atomic E-state index is -1.51. The van der Waals surface area contributed by atoms with Gasteiger partial charge in [-0.3, -0.25) is 4.79 Å². The zero-order valence-corrected chi connectivity index (χ0v) is 20.8. The first-order chi connectivity index (χ1) is 17.2. The molecule has 0 aromatic heterocycles. The Morgan fingerprint density at radius 3 is 2.28 bits per heavy atom. The van der Waals surface area contributed by atoms with E-state index in [-0.39, 0.29) is 11.5 Å². The number of aryl methyl sites for hydroxylation is 2. The highest BCUT2D eigenvalue weighted by atomic mass is 16.5. The van der Waals surface area contributed by atoms with E-state index in [2.05, 4.69) is 12.1 Å². The van der Waals surface area contributed by atoms with E-state index in [0.717, 1.165) is 47.9 Å². The van der Waals surface area contributed by atoms with Crippen LogP contribution in [0.2, 0.25) is 0 Å². The molecule has 0 radical (unpaired) electrons. The largest absolute Gasteiger partial charge is 0.508 e. The maximum absolute atomic E-state index is 11.9. The van der Waals surface area contributed by atoms with Crippen LogP contribution in [0.1, 0.15) is 66.0 Å². The quantitative estimate of drug-likeness (QED) is 0.241. The predicted molar refractivity (Wildman–Crippen MR) is 136 cm³/mol. The Morgan fingerprint density at radius 2 is 1.61 bits per heavy atom. The van der Waals surface area contributed by atoms with E-state index >= 15 is 0 Å². The van der Waals surface area contributed by atoms with E-state index in [9.17, 15) is 30.3 Å². The molecule has 2 aromatic carbocycles. The van der Waals surface area contributed by atoms with E-state index in [1.807, 2.05) is 19.1 Å². The third-order valence-corrected chi connectivity index (χ3v) is 6.93. The number of phenols is 1. The Hall–Kier alpha value is -2.33. The first-order valence-corrected chi connectivity index (χ1v) is 12.7. The molecule has 1 aliphatic rings. The molecule has 1 saturated heterocycles. The van der Waals surface area contributed by atoms with Crippen LogP contribution in [0.15, 0.2) is 36.4 Å². The topological polar surface area (TPSA) is 153 Å². The summed E-state index contributed by atoms with van der Waals surface area (Å²) < 4.78 is 5.64. The fourth-order valence-corrected chi connectivity index (χ4v) is 4.66. The van der Waals surface area contributed by atoms with E-state index in [0.29, 0.717) is 31.4 Å². The molecule has 36 heavy (non-hydrogen) atoms. The Bertz CT molecular complexity index is 992. The van der Waals surface area contributed by atoms with Crippen molar-refractivity contribution >= 4 is 5.78 Å². The number of Topliss-reactive ketones (excluding diaryl/α,β-unsaturated/α-hetero) is 1. The molecule has 0 saturated carbocycles. The van der Waals surface area contributed by atoms with Gasteiger partial charge >= 0.3 is 0 Å². The molecule has 8 nitrogen and oxygen atoms in total. The molecule has 0 aliphatic carbocycles. The Balaban J connectivity index is 1.65. The smallest absolute Gasteiger partial charge is 0.132 e. The number of rotatable bonds is 12. The number of benzene rings is 2. The van der Waals surface area contributed by atoms with Crippen molar-refractivity contribution in [1.29, 1.82) is 0 Å². The van der Waals surface area contributed by atoms with E-state index in [4.69, 9.17) is 10.5 Å². The van der Waals surface area contributed by atoms with Crippen LogP contribution in [0.4, 0.5) is 0 Å². The summed E-state index contributed by atoms with van der Waals surface area (Å²) in [5.74, 6) is 0.201. The molecule has 2 aromatic rings. The summed E-state index contributed by atoms with van der Waals surface area (Å²) in [6, 6.07) is 11.5. The lowest BCUT2D eigenvalue weighted by molar-refractivity contribution is -0.232. The van der Waals surface area contributed by atoms with E-state index in [1.165, 1.54) is 0 Å². The highest BCUT2D eigenvalue weighted by molar-refractivity contribution is 5.78. The van der Waals surface area contributed by atoms with Gasteiger partial charge in [0.25, 0.3) is 0 Å². The monoisotopic (exact) mass is 501 g/mol. The molecule has 0 unspecified atom stereocenters. The molecule has 0 amide bonds. The van der Waals surface area contributed by atoms with Crippen LogP contribution >= 0.6 is 0 Å². The molecule has 3 rings (SSSR count). The van der Waals surface area contributed by atoms with E-state index < -0.39 is 37.1 Å². The lowest BCUT2D eigenvalue weighted by Crippen LogP contribution is -2.55. The van der Waals surface area contributed by atoms with Gasteiger partial charge in [-0.05, 0) is 80.0 Å². The van der Waals surface area contributed by atoms with Gasteiger partial charge in [0, 0.05) is 18.4 Å². The fourth-order valence-electron chi connectivity index (χ4n) is 4.66. The molecule has 1 heterocycles. The molecule has 0 bridgehead atoms. The number of carbonyl (C=O) groups is 1. The number of nitrogens with two attached hydrogens (primary N) is 1. The average molecular weight is 502 g/mol. The van der Waals surface area contributed by atoms with Gasteiger partial charge in [0.1, 0.15) is 42.1 Å². The number of ether oxygens (including phenoxy) is 1. The second-order valence-electron chi connectivity index (χ2n) is 9.72. The maximum atomic E-state index is 11.9. The number of aliphatic hydroxyl groups excluding tert-OH is 4. The number of hydrogen-bond donors (Lipinski definition) is 6. The lowest BCUT2D eigenvalue weighted by Gasteiger charge is -2.40. The first-order valence-electron chi connectivity index (χ1n) is 12.7. The number of hydrogen-bond acceptors (Lipinski definition) is 8. The molecule has 7 N–H and O–H groups in total. The minimum absolute atomic E-state index is 0.0893. The number of phenolic OH excluding ortho intramolecular Hbond substituents is 1. The lowest BCUT2D eigenvalue weighted by atomic mass is 9.88. The highest BCUT2D eigenvalue weighted by Gasteiger charge is 2.44. The van der Waals surface area contributed by atoms with Crippen molar-refractivity contribution in [2.45, 2.75) is 82.4 Å². The molecule has 1 aliphatic heterocycles. The van der Waals surface area contributed by atoms with Crippen molar-refractivity contribution in [2.24, 2.45) is 5.73 Å². The summed E-state index contributed by atoms with van der Waals surface area (Å²) in [6.45, 7) is 1.97. The van der Waals surface area contributed by atoms with Crippen LogP contribution in [-0.2, 0) is 22.4 Å². The number of unbranched alkanes of at least 4 members (excludes halogenated alkanes) is 1. The highest BCUT2D eigenvalue weighted by Crippen LogP contribution is 2.38. The van der Waals surface area contributed by atoms with Gasteiger partial charge in [0.15, 0.2) is 0 Å². The molecule has 5 atom stereocenters. The maximum Gasteiger partial charge on any atom is 0.132 e. The van der Waals surface area contributed by atoms with Crippen molar-refractivity contribution in [1.82, 2.24) is 0 Å². The molecule has 0 spiro atoms. The summed E-state index contributed by atoms with van der Waals surface area (Å²) in [6.07, 6.45) is -1.41. The first kappa shape index (κ1) is 28.2. The minimum Gasteiger partial charge on any atom is -0.508 e. The summed E-state index contributed by atoms with van der Waals surface area (Å²) in [4.78, 5) is 11.9. The van der Waals surface area contributed by atoms with Crippen molar-refractivity contribution in [3.8, 4) is 5.75 Å². The molecule has 1 fully saturated rings. The number of ketones is 1. The van der Waals surface area contributed by atoms with Gasteiger partial charge in [0.05, 0.1) is 6.61 Å². The van der Waals surface area contributed by atoms with Gasteiger partial charge in [-0.25, -0.2) is 0 Å². The predicted octanol–water partition coefficient (Wildman–Crippen LogP) is 1.83. The van der Waals surface area contributed by atoms with Gasteiger partial charge in [-0.15, -0.1) is 0 Å². The molecule has 198 valence electrons. The summed E-state index contributed by atoms with van der Waals surface area (Å²) in [5, 5.41) is 50.7. The molecule has 8 heteroatoms. The van der Waals surface area contributed by atoms with Gasteiger partial charge < -0.3 is 36.0 Å². The van der Waals surface area contributed by atoms with Gasteiger partial charge in [0.2, 0.25) is 0 Å². The Kier molecular flexibility index (Phi) is 10.4. The van der Waals surface area contributed by atoms with E-state index in [1.54, 1.807) is 12.1 Å². The van der Waals surface area contributed by atoms with Crippen LogP contribution in [-0.4, -0.2) is 68.9 Å². The third-order valence-electron chi connectivity index (χ3n) is 6.93. The van der Waals surface area contributed by atoms with Crippen molar-refractivity contribution in [3.05, 3.63) is 64.2 Å². The van der Waals surface area contributed by atoms with Gasteiger partial charge in [-0.2, -0.15) is 0 Å². The van der Waals surface area contributed by atoms with Crippen LogP contribution in [0.3, 0.4) is 0 Å². The van der Waals surface area contributed by atoms with Crippen molar-refractivity contribution < 1.29 is 35.1 Å². The zero-order chi connectivity index (χ0) is 26.2. The standard InChI is InChI=1S/C28H39NO7/c1-17-13-23(32)22(28-27(35)26(34)25(33)24(16-30)36-28)15-20(17)14-19-10-8-18(9-11-19)5-4-7-21(31)6-2-3-12-29/h8-11,13,15,24-28,30,32-35H,2-7,12,14,16,29H2,1H3/t24-,25-,26+,27-,28+/m1/s1. The second-order valence-corrected chi connectivity index (χ2v) is 9.72. The zero-order valence-electron chi connectivity index (χ0n) is 20.8. The Labute approximate surface area is 212 Å². The molecular formula is C28H39NO7. The summed E-state index contributed by atoms with van der Waals surface area (Å²) in [7, 11) is 0. The molecular weight excluding hydrogens is 462 g/mol. The van der Waals surface area contributed by atoms with Crippen molar-refractivity contribution in [3.63, 3.8) is 0 Å². The van der Waals surface area contributed by atoms with Crippen LogP contribution < -0.4 is 5.73 Å². The third kappa shape index (κ3) is 7.12. The van der Waals surface area contributed by atoms with Crippen LogP contribution in [0.5, 0.6) is 5.75 Å².